The molecule has 1 unspecified atom stereocenters. The number of benzene rings is 2. The summed E-state index contributed by atoms with van der Waals surface area (Å²) < 4.78 is 0.891. The van der Waals surface area contributed by atoms with E-state index in [0.717, 1.165) is 21.3 Å². The number of hydrogen-bond acceptors (Lipinski definition) is 7. The summed E-state index contributed by atoms with van der Waals surface area (Å²) >= 11 is 15.7. The Morgan fingerprint density at radius 2 is 1.74 bits per heavy atom. The summed E-state index contributed by atoms with van der Waals surface area (Å²) in [6, 6.07) is 7.90. The van der Waals surface area contributed by atoms with Gasteiger partial charge in [0, 0.05) is 15.6 Å². The number of aliphatic hydroxyl groups is 1. The molecule has 0 saturated heterocycles. The first kappa shape index (κ1) is 23.9. The molecule has 0 saturated carbocycles. The van der Waals surface area contributed by atoms with Crippen molar-refractivity contribution in [2.24, 2.45) is 0 Å². The minimum absolute atomic E-state index is 0.0936. The molecule has 1 atom stereocenters. The third-order valence-electron chi connectivity index (χ3n) is 5.86. The first-order chi connectivity index (χ1) is 16.6. The van der Waals surface area contributed by atoms with Crippen molar-refractivity contribution in [3.05, 3.63) is 84.0 Å². The number of fused-ring (bicyclic) bond motifs is 1. The van der Waals surface area contributed by atoms with Crippen LogP contribution in [-0.2, 0) is 4.79 Å². The summed E-state index contributed by atoms with van der Waals surface area (Å²) in [5, 5.41) is 12.6. The number of carbonyl (C=O) groups is 2. The second kappa shape index (κ2) is 8.71. The van der Waals surface area contributed by atoms with Crippen molar-refractivity contribution in [1.29, 1.82) is 0 Å². The molecule has 5 rings (SSSR count). The number of carbonyl (C=O) groups excluding carboxylic acids is 2. The highest BCUT2D eigenvalue weighted by Gasteiger charge is 2.48. The fourth-order valence-electron chi connectivity index (χ4n) is 4.41. The maximum absolute atomic E-state index is 13.8. The van der Waals surface area contributed by atoms with Crippen LogP contribution in [0.15, 0.2) is 41.7 Å². The minimum Gasteiger partial charge on any atom is -0.503 e. The Labute approximate surface area is 219 Å². The van der Waals surface area contributed by atoms with Crippen molar-refractivity contribution >= 4 is 72.9 Å². The number of aliphatic hydroxyl groups excluding tert-OH is 1. The smallest absolute Gasteiger partial charge is 0.296 e. The Morgan fingerprint density at radius 3 is 2.37 bits per heavy atom. The standard InChI is InChI=1S/C25H19Cl2N3O3S2/c1-10-8-11(2)19-16(9-10)35-25(29-19)30-20(17-14(26)6-5-7-15(17)27)18(22(32)24(30)33)21(31)23-12(3)28-13(4)34-23/h5-9,20,32H,1-4H3. The number of anilines is 1. The Kier molecular flexibility index (Phi) is 5.96. The number of thiazole rings is 2. The second-order valence-electron chi connectivity index (χ2n) is 8.38. The van der Waals surface area contributed by atoms with Crippen molar-refractivity contribution < 1.29 is 14.7 Å². The van der Waals surface area contributed by atoms with E-state index in [4.69, 9.17) is 28.2 Å². The number of rotatable bonds is 4. The topological polar surface area (TPSA) is 83.4 Å². The number of hydrogen-bond donors (Lipinski definition) is 1. The number of aryl methyl sites for hydroxylation is 4. The van der Waals surface area contributed by atoms with Gasteiger partial charge in [0.05, 0.1) is 31.4 Å². The molecule has 1 amide bonds. The van der Waals surface area contributed by atoms with E-state index in [1.165, 1.54) is 27.6 Å². The molecule has 0 spiro atoms. The zero-order valence-electron chi connectivity index (χ0n) is 19.1. The second-order valence-corrected chi connectivity index (χ2v) is 11.4. The minimum atomic E-state index is -1.06. The lowest BCUT2D eigenvalue weighted by molar-refractivity contribution is -0.117. The Hall–Kier alpha value is -2.78. The van der Waals surface area contributed by atoms with E-state index in [-0.39, 0.29) is 15.6 Å². The van der Waals surface area contributed by atoms with Gasteiger partial charge in [-0.2, -0.15) is 0 Å². The van der Waals surface area contributed by atoms with Crippen LogP contribution in [0.5, 0.6) is 0 Å². The quantitative estimate of drug-likeness (QED) is 0.278. The number of nitrogens with zero attached hydrogens (tertiary/aromatic N) is 3. The molecular weight excluding hydrogens is 525 g/mol. The summed E-state index contributed by atoms with van der Waals surface area (Å²) in [6.45, 7) is 7.46. The molecule has 3 heterocycles. The highest BCUT2D eigenvalue weighted by atomic mass is 35.5. The Bertz CT molecular complexity index is 1570. The average Bonchev–Trinajstić information content (AvgIpc) is 3.42. The molecule has 35 heavy (non-hydrogen) atoms. The van der Waals surface area contributed by atoms with Gasteiger partial charge in [-0.25, -0.2) is 9.97 Å². The van der Waals surface area contributed by atoms with Crippen LogP contribution in [0.4, 0.5) is 5.13 Å². The van der Waals surface area contributed by atoms with Crippen LogP contribution in [-0.4, -0.2) is 26.8 Å². The first-order valence-corrected chi connectivity index (χ1v) is 13.0. The van der Waals surface area contributed by atoms with Gasteiger partial charge in [0.25, 0.3) is 5.91 Å². The third-order valence-corrected chi connectivity index (χ3v) is 8.59. The van der Waals surface area contributed by atoms with E-state index in [1.807, 2.05) is 26.0 Å². The van der Waals surface area contributed by atoms with Crippen LogP contribution in [0.25, 0.3) is 10.2 Å². The Morgan fingerprint density at radius 1 is 1.06 bits per heavy atom. The van der Waals surface area contributed by atoms with Gasteiger partial charge in [-0.3, -0.25) is 14.5 Å². The molecule has 0 fully saturated rings. The summed E-state index contributed by atoms with van der Waals surface area (Å²) in [5.41, 5.74) is 3.56. The maximum Gasteiger partial charge on any atom is 0.296 e. The molecule has 0 aliphatic carbocycles. The van der Waals surface area contributed by atoms with Crippen LogP contribution in [0.2, 0.25) is 10.0 Å². The predicted octanol–water partition coefficient (Wildman–Crippen LogP) is 7.08. The van der Waals surface area contributed by atoms with Gasteiger partial charge < -0.3 is 5.11 Å². The molecule has 2 aromatic heterocycles. The predicted molar refractivity (Wildman–Crippen MR) is 141 cm³/mol. The van der Waals surface area contributed by atoms with Crippen molar-refractivity contribution in [2.75, 3.05) is 4.90 Å². The summed E-state index contributed by atoms with van der Waals surface area (Å²) in [7, 11) is 0. The molecule has 2 aromatic carbocycles. The van der Waals surface area contributed by atoms with Gasteiger partial charge in [-0.15, -0.1) is 11.3 Å². The molecule has 4 aromatic rings. The van der Waals surface area contributed by atoms with E-state index >= 15 is 0 Å². The number of halogens is 2. The molecule has 1 aliphatic rings. The molecule has 6 nitrogen and oxygen atoms in total. The molecule has 0 radical (unpaired) electrons. The molecular formula is C25H19Cl2N3O3S2. The van der Waals surface area contributed by atoms with E-state index in [1.54, 1.807) is 32.0 Å². The monoisotopic (exact) mass is 543 g/mol. The van der Waals surface area contributed by atoms with Gasteiger partial charge in [0.15, 0.2) is 10.9 Å². The van der Waals surface area contributed by atoms with Crippen LogP contribution in [0.1, 0.15) is 43.1 Å². The van der Waals surface area contributed by atoms with E-state index in [2.05, 4.69) is 4.98 Å². The number of ketones is 1. The lowest BCUT2D eigenvalue weighted by Gasteiger charge is -2.26. The molecule has 10 heteroatoms. The van der Waals surface area contributed by atoms with Crippen molar-refractivity contribution in [1.82, 2.24) is 9.97 Å². The van der Waals surface area contributed by atoms with Crippen LogP contribution < -0.4 is 4.90 Å². The summed E-state index contributed by atoms with van der Waals surface area (Å²) in [6.07, 6.45) is 0. The lowest BCUT2D eigenvalue weighted by atomic mass is 9.95. The largest absolute Gasteiger partial charge is 0.503 e. The zero-order valence-corrected chi connectivity index (χ0v) is 22.3. The fourth-order valence-corrected chi connectivity index (χ4v) is 7.05. The normalized spacial score (nSPS) is 16.1. The van der Waals surface area contributed by atoms with E-state index in [0.29, 0.717) is 26.3 Å². The highest BCUT2D eigenvalue weighted by molar-refractivity contribution is 7.22. The van der Waals surface area contributed by atoms with Gasteiger partial charge in [0.1, 0.15) is 6.04 Å². The van der Waals surface area contributed by atoms with Crippen molar-refractivity contribution in [3.8, 4) is 0 Å². The summed E-state index contributed by atoms with van der Waals surface area (Å²) in [4.78, 5) is 38.0. The highest BCUT2D eigenvalue weighted by Crippen LogP contribution is 2.48. The number of amides is 1. The lowest BCUT2D eigenvalue weighted by Crippen LogP contribution is -2.31. The number of aromatic nitrogens is 2. The SMILES string of the molecule is Cc1cc(C)c2nc(N3C(=O)C(O)=C(C(=O)c4sc(C)nc4C)C3c3c(Cl)cccc3Cl)sc2c1. The van der Waals surface area contributed by atoms with Crippen molar-refractivity contribution in [2.45, 2.75) is 33.7 Å². The van der Waals surface area contributed by atoms with E-state index < -0.39 is 23.5 Å². The molecule has 178 valence electrons. The fraction of sp³-hybridized carbons (Fsp3) is 0.200. The van der Waals surface area contributed by atoms with Crippen LogP contribution in [0.3, 0.4) is 0 Å². The van der Waals surface area contributed by atoms with Gasteiger partial charge in [-0.05, 0) is 57.0 Å². The Balaban J connectivity index is 1.75. The third kappa shape index (κ3) is 3.85. The molecule has 1 N–H and O–H groups in total. The maximum atomic E-state index is 13.8. The van der Waals surface area contributed by atoms with Gasteiger partial charge >= 0.3 is 0 Å². The average molecular weight is 544 g/mol. The first-order valence-electron chi connectivity index (χ1n) is 10.7. The van der Waals surface area contributed by atoms with Crippen LogP contribution >= 0.6 is 45.9 Å². The molecule has 1 aliphatic heterocycles. The summed E-state index contributed by atoms with van der Waals surface area (Å²) in [5.74, 6) is -1.87. The van der Waals surface area contributed by atoms with E-state index in [9.17, 15) is 14.7 Å². The van der Waals surface area contributed by atoms with Crippen LogP contribution in [0, 0.1) is 27.7 Å². The van der Waals surface area contributed by atoms with Gasteiger partial charge in [-0.1, -0.05) is 46.7 Å². The zero-order chi connectivity index (χ0) is 25.2. The van der Waals surface area contributed by atoms with Gasteiger partial charge in [0.2, 0.25) is 5.78 Å². The van der Waals surface area contributed by atoms with Crippen molar-refractivity contribution in [3.63, 3.8) is 0 Å². The number of Topliss-reactive ketones (excluding diaryl/α,β-unsaturated/α-hetero) is 1. The molecule has 0 bridgehead atoms.